The quantitative estimate of drug-likeness (QED) is 0.721. The zero-order chi connectivity index (χ0) is 14.2. The minimum atomic E-state index is -0.0205. The van der Waals surface area contributed by atoms with E-state index in [0.717, 1.165) is 42.7 Å². The summed E-state index contributed by atoms with van der Waals surface area (Å²) in [7, 11) is 0. The smallest absolute Gasteiger partial charge is 0.290 e. The molecular weight excluding hydrogens is 266 g/mol. The average Bonchev–Trinajstić information content (AvgIpc) is 2.99. The first kappa shape index (κ1) is 12.3. The maximum Gasteiger partial charge on any atom is 0.290 e. The van der Waals surface area contributed by atoms with Crippen LogP contribution in [0.1, 0.15) is 10.6 Å². The summed E-state index contributed by atoms with van der Waals surface area (Å²) in [5.74, 6) is 0.443. The number of carbonyl (C=O) groups excluding carboxylic acids is 1. The highest BCUT2D eigenvalue weighted by Crippen LogP contribution is 2.17. The molecule has 3 heterocycles. The van der Waals surface area contributed by atoms with E-state index in [-0.39, 0.29) is 5.91 Å². The van der Waals surface area contributed by atoms with Gasteiger partial charge in [-0.05, 0) is 12.1 Å². The molecule has 1 amide bonds. The van der Waals surface area contributed by atoms with Crippen LogP contribution in [0, 0.1) is 0 Å². The Balaban J connectivity index is 1.88. The van der Waals surface area contributed by atoms with E-state index in [9.17, 15) is 4.79 Å². The van der Waals surface area contributed by atoms with E-state index in [0.29, 0.717) is 5.82 Å². The number of aromatic nitrogens is 3. The molecule has 1 N–H and O–H groups in total. The van der Waals surface area contributed by atoms with Crippen molar-refractivity contribution in [2.45, 2.75) is 0 Å². The number of benzene rings is 1. The van der Waals surface area contributed by atoms with Crippen LogP contribution >= 0.6 is 0 Å². The molecule has 2 aromatic heterocycles. The minimum Gasteiger partial charge on any atom is -0.333 e. The molecule has 1 fully saturated rings. The number of carbonyl (C=O) groups is 1. The van der Waals surface area contributed by atoms with Gasteiger partial charge in [-0.15, -0.1) is 0 Å². The van der Waals surface area contributed by atoms with Gasteiger partial charge < -0.3 is 10.2 Å². The first-order valence-corrected chi connectivity index (χ1v) is 7.06. The zero-order valence-corrected chi connectivity index (χ0v) is 11.5. The van der Waals surface area contributed by atoms with Gasteiger partial charge in [-0.3, -0.25) is 14.2 Å². The third kappa shape index (κ3) is 1.95. The summed E-state index contributed by atoms with van der Waals surface area (Å²) in [4.78, 5) is 23.3. The van der Waals surface area contributed by atoms with Crippen LogP contribution in [-0.2, 0) is 0 Å². The molecule has 0 bridgehead atoms. The fraction of sp³-hybridized carbons (Fsp3) is 0.267. The van der Waals surface area contributed by atoms with E-state index in [2.05, 4.69) is 15.3 Å². The second kappa shape index (κ2) is 4.82. The standard InChI is InChI=1S/C15H15N5O/c21-15(19-7-5-16-6-8-19)14-18-10-11-9-17-12-3-1-2-4-13(12)20(11)14/h1-4,9-10,16H,5-8H2. The molecule has 0 spiro atoms. The first-order chi connectivity index (χ1) is 10.3. The molecule has 0 aliphatic carbocycles. The van der Waals surface area contributed by atoms with Crippen molar-refractivity contribution in [3.8, 4) is 0 Å². The number of fused-ring (bicyclic) bond motifs is 3. The lowest BCUT2D eigenvalue weighted by Crippen LogP contribution is -2.46. The van der Waals surface area contributed by atoms with Gasteiger partial charge in [-0.2, -0.15) is 0 Å². The van der Waals surface area contributed by atoms with Crippen molar-refractivity contribution in [3.63, 3.8) is 0 Å². The van der Waals surface area contributed by atoms with Gasteiger partial charge in [0.15, 0.2) is 0 Å². The molecule has 4 rings (SSSR count). The summed E-state index contributed by atoms with van der Waals surface area (Å²) in [6, 6.07) is 7.79. The highest BCUT2D eigenvalue weighted by atomic mass is 16.2. The van der Waals surface area contributed by atoms with Gasteiger partial charge in [0.05, 0.1) is 28.9 Å². The molecule has 106 valence electrons. The van der Waals surface area contributed by atoms with Gasteiger partial charge in [0.1, 0.15) is 0 Å². The Bertz CT molecular complexity index is 819. The second-order valence-corrected chi connectivity index (χ2v) is 5.13. The van der Waals surface area contributed by atoms with Gasteiger partial charge in [0.25, 0.3) is 5.91 Å². The number of imidazole rings is 1. The normalized spacial score (nSPS) is 15.7. The summed E-state index contributed by atoms with van der Waals surface area (Å²) in [6.45, 7) is 3.10. The summed E-state index contributed by atoms with van der Waals surface area (Å²) >= 11 is 0. The minimum absolute atomic E-state index is 0.0205. The van der Waals surface area contributed by atoms with Crippen LogP contribution in [0.15, 0.2) is 36.7 Å². The number of piperazine rings is 1. The molecular formula is C15H15N5O. The van der Waals surface area contributed by atoms with Gasteiger partial charge in [-0.1, -0.05) is 12.1 Å². The van der Waals surface area contributed by atoms with Crippen molar-refractivity contribution < 1.29 is 4.79 Å². The van der Waals surface area contributed by atoms with Gasteiger partial charge in [0, 0.05) is 26.2 Å². The van der Waals surface area contributed by atoms with Crippen LogP contribution in [0.2, 0.25) is 0 Å². The van der Waals surface area contributed by atoms with E-state index in [1.54, 1.807) is 12.4 Å². The van der Waals surface area contributed by atoms with Crippen molar-refractivity contribution >= 4 is 22.5 Å². The lowest BCUT2D eigenvalue weighted by Gasteiger charge is -2.26. The second-order valence-electron chi connectivity index (χ2n) is 5.13. The number of amides is 1. The number of hydrogen-bond donors (Lipinski definition) is 1. The summed E-state index contributed by atoms with van der Waals surface area (Å²) in [5, 5.41) is 3.25. The van der Waals surface area contributed by atoms with E-state index in [1.165, 1.54) is 0 Å². The van der Waals surface area contributed by atoms with Crippen molar-refractivity contribution in [3.05, 3.63) is 42.5 Å². The molecule has 0 radical (unpaired) electrons. The molecule has 0 unspecified atom stereocenters. The van der Waals surface area contributed by atoms with Gasteiger partial charge >= 0.3 is 0 Å². The Morgan fingerprint density at radius 2 is 1.86 bits per heavy atom. The molecule has 0 atom stereocenters. The predicted molar refractivity (Wildman–Crippen MR) is 79.3 cm³/mol. The number of rotatable bonds is 1. The Hall–Kier alpha value is -2.47. The van der Waals surface area contributed by atoms with Crippen molar-refractivity contribution in [2.75, 3.05) is 26.2 Å². The number of hydrogen-bond acceptors (Lipinski definition) is 4. The monoisotopic (exact) mass is 281 g/mol. The van der Waals surface area contributed by atoms with Crippen LogP contribution in [0.5, 0.6) is 0 Å². The maximum absolute atomic E-state index is 12.7. The lowest BCUT2D eigenvalue weighted by atomic mass is 10.3. The average molecular weight is 281 g/mol. The largest absolute Gasteiger partial charge is 0.333 e. The summed E-state index contributed by atoms with van der Waals surface area (Å²) in [5.41, 5.74) is 2.61. The third-order valence-corrected chi connectivity index (χ3v) is 3.84. The van der Waals surface area contributed by atoms with E-state index >= 15 is 0 Å². The highest BCUT2D eigenvalue weighted by molar-refractivity contribution is 5.94. The molecule has 1 aliphatic rings. The molecule has 3 aromatic rings. The number of nitrogens with zero attached hydrogens (tertiary/aromatic N) is 4. The molecule has 21 heavy (non-hydrogen) atoms. The Morgan fingerprint density at radius 3 is 2.71 bits per heavy atom. The van der Waals surface area contributed by atoms with Crippen molar-refractivity contribution in [2.24, 2.45) is 0 Å². The molecule has 1 saturated heterocycles. The van der Waals surface area contributed by atoms with Crippen LogP contribution in [0.4, 0.5) is 0 Å². The topological polar surface area (TPSA) is 62.5 Å². The van der Waals surface area contributed by atoms with E-state index < -0.39 is 0 Å². The number of para-hydroxylation sites is 2. The van der Waals surface area contributed by atoms with E-state index in [4.69, 9.17) is 0 Å². The third-order valence-electron chi connectivity index (χ3n) is 3.84. The van der Waals surface area contributed by atoms with Crippen LogP contribution < -0.4 is 5.32 Å². The van der Waals surface area contributed by atoms with Crippen LogP contribution in [0.3, 0.4) is 0 Å². The zero-order valence-electron chi connectivity index (χ0n) is 11.5. The lowest BCUT2D eigenvalue weighted by molar-refractivity contribution is 0.0723. The van der Waals surface area contributed by atoms with Crippen molar-refractivity contribution in [1.82, 2.24) is 24.6 Å². The Kier molecular flexibility index (Phi) is 2.82. The van der Waals surface area contributed by atoms with Crippen LogP contribution in [0.25, 0.3) is 16.6 Å². The van der Waals surface area contributed by atoms with Gasteiger partial charge in [0.2, 0.25) is 5.82 Å². The van der Waals surface area contributed by atoms with E-state index in [1.807, 2.05) is 33.6 Å². The molecule has 0 saturated carbocycles. The molecule has 6 heteroatoms. The highest BCUT2D eigenvalue weighted by Gasteiger charge is 2.22. The SMILES string of the molecule is O=C(c1ncc2cnc3ccccc3n12)N1CCNCC1. The predicted octanol–water partition coefficient (Wildman–Crippen LogP) is 0.928. The molecule has 1 aromatic carbocycles. The fourth-order valence-corrected chi connectivity index (χ4v) is 2.77. The number of nitrogens with one attached hydrogen (secondary N) is 1. The Morgan fingerprint density at radius 1 is 1.10 bits per heavy atom. The maximum atomic E-state index is 12.7. The molecule has 6 nitrogen and oxygen atoms in total. The Labute approximate surface area is 121 Å². The van der Waals surface area contributed by atoms with Crippen molar-refractivity contribution in [1.29, 1.82) is 0 Å². The van der Waals surface area contributed by atoms with Crippen LogP contribution in [-0.4, -0.2) is 51.4 Å². The summed E-state index contributed by atoms with van der Waals surface area (Å²) in [6.07, 6.45) is 3.46. The summed E-state index contributed by atoms with van der Waals surface area (Å²) < 4.78 is 1.90. The fourth-order valence-electron chi connectivity index (χ4n) is 2.77. The first-order valence-electron chi connectivity index (χ1n) is 7.06. The molecule has 1 aliphatic heterocycles. The van der Waals surface area contributed by atoms with Gasteiger partial charge in [-0.25, -0.2) is 4.98 Å².